The number of alkyl halides is 6. The summed E-state index contributed by atoms with van der Waals surface area (Å²) in [6.07, 6.45) is -10.4. The highest BCUT2D eigenvalue weighted by atomic mass is 19.4. The molecule has 0 aromatic heterocycles. The number of halogens is 6. The van der Waals surface area contributed by atoms with Crippen molar-refractivity contribution in [3.05, 3.63) is 28.3 Å². The summed E-state index contributed by atoms with van der Waals surface area (Å²) in [7, 11) is 0. The van der Waals surface area contributed by atoms with Crippen molar-refractivity contribution >= 4 is 5.69 Å². The largest absolute Gasteiger partial charge is 0.417 e. The molecular formula is C10H3F6N3. The minimum Gasteiger partial charge on any atom is -0.397 e. The van der Waals surface area contributed by atoms with Gasteiger partial charge < -0.3 is 5.73 Å². The Morgan fingerprint density at radius 2 is 1.16 bits per heavy atom. The first-order valence-electron chi connectivity index (χ1n) is 4.45. The second-order valence-electron chi connectivity index (χ2n) is 3.35. The molecule has 9 heteroatoms. The molecule has 1 aromatic rings. The molecule has 1 rings (SSSR count). The lowest BCUT2D eigenvalue weighted by Gasteiger charge is -2.16. The number of anilines is 1. The van der Waals surface area contributed by atoms with Crippen molar-refractivity contribution < 1.29 is 26.3 Å². The van der Waals surface area contributed by atoms with Gasteiger partial charge in [0.25, 0.3) is 0 Å². The zero-order valence-corrected chi connectivity index (χ0v) is 8.82. The molecule has 0 spiro atoms. The third-order valence-corrected chi connectivity index (χ3v) is 2.20. The van der Waals surface area contributed by atoms with Gasteiger partial charge in [0.1, 0.15) is 12.1 Å². The smallest absolute Gasteiger partial charge is 0.397 e. The van der Waals surface area contributed by atoms with Gasteiger partial charge in [-0.3, -0.25) is 0 Å². The van der Waals surface area contributed by atoms with Crippen LogP contribution in [0.15, 0.2) is 6.07 Å². The summed E-state index contributed by atoms with van der Waals surface area (Å²) in [5.74, 6) is 0. The Bertz CT molecular complexity index is 550. The van der Waals surface area contributed by atoms with Crippen LogP contribution in [0, 0.1) is 22.7 Å². The number of hydrogen-bond donors (Lipinski definition) is 1. The van der Waals surface area contributed by atoms with Gasteiger partial charge in [0.15, 0.2) is 0 Å². The van der Waals surface area contributed by atoms with E-state index < -0.39 is 40.3 Å². The molecule has 0 aliphatic heterocycles. The van der Waals surface area contributed by atoms with Crippen molar-refractivity contribution in [3.63, 3.8) is 0 Å². The fourth-order valence-electron chi connectivity index (χ4n) is 1.39. The monoisotopic (exact) mass is 279 g/mol. The third kappa shape index (κ3) is 2.55. The number of nitrogens with zero attached hydrogens (tertiary/aromatic N) is 2. The molecule has 3 nitrogen and oxygen atoms in total. The molecule has 1 aromatic carbocycles. The van der Waals surface area contributed by atoms with E-state index in [1.165, 1.54) is 0 Å². The number of nitriles is 2. The molecule has 0 saturated heterocycles. The second-order valence-corrected chi connectivity index (χ2v) is 3.35. The van der Waals surface area contributed by atoms with E-state index in [1.54, 1.807) is 0 Å². The van der Waals surface area contributed by atoms with Gasteiger partial charge in [-0.2, -0.15) is 36.9 Å². The molecule has 0 heterocycles. The maximum Gasteiger partial charge on any atom is 0.417 e. The van der Waals surface area contributed by atoms with Crippen LogP contribution in [0.3, 0.4) is 0 Å². The van der Waals surface area contributed by atoms with Crippen LogP contribution >= 0.6 is 0 Å². The highest BCUT2D eigenvalue weighted by Crippen LogP contribution is 2.41. The Kier molecular flexibility index (Phi) is 3.35. The summed E-state index contributed by atoms with van der Waals surface area (Å²) in [6, 6.07) is 1.84. The summed E-state index contributed by atoms with van der Waals surface area (Å²) in [4.78, 5) is 0. The van der Waals surface area contributed by atoms with Crippen LogP contribution in [0.25, 0.3) is 0 Å². The van der Waals surface area contributed by atoms with Crippen LogP contribution in [0.5, 0.6) is 0 Å². The summed E-state index contributed by atoms with van der Waals surface area (Å²) in [5.41, 5.74) is -2.11. The number of benzene rings is 1. The molecule has 0 fully saturated rings. The van der Waals surface area contributed by atoms with Crippen molar-refractivity contribution in [1.82, 2.24) is 0 Å². The van der Waals surface area contributed by atoms with E-state index in [2.05, 4.69) is 0 Å². The van der Waals surface area contributed by atoms with Gasteiger partial charge in [-0.15, -0.1) is 0 Å². The average Bonchev–Trinajstić information content (AvgIpc) is 2.24. The number of nitrogens with two attached hydrogens (primary N) is 1. The SMILES string of the molecule is N#Cc1c(C(F)(F)F)cc(C(F)(F)F)c(C#N)c1N. The standard InChI is InChI=1S/C10H3F6N3/c11-9(12,13)6-1-7(10(14,15)16)5(3-18)8(19)4(6)2-17/h1H,19H2. The number of hydrogen-bond acceptors (Lipinski definition) is 3. The maximum absolute atomic E-state index is 12.6. The van der Waals surface area contributed by atoms with Gasteiger partial charge >= 0.3 is 12.4 Å². The molecule has 2 N–H and O–H groups in total. The highest BCUT2D eigenvalue weighted by molar-refractivity contribution is 5.70. The Hall–Kier alpha value is -2.42. The molecule has 19 heavy (non-hydrogen) atoms. The molecule has 0 atom stereocenters. The first-order chi connectivity index (χ1) is 8.54. The van der Waals surface area contributed by atoms with Gasteiger partial charge in [-0.25, -0.2) is 0 Å². The zero-order valence-electron chi connectivity index (χ0n) is 8.82. The van der Waals surface area contributed by atoms with Crippen molar-refractivity contribution in [3.8, 4) is 12.1 Å². The predicted octanol–water partition coefficient (Wildman–Crippen LogP) is 3.05. The van der Waals surface area contributed by atoms with Crippen LogP contribution in [0.1, 0.15) is 22.3 Å². The van der Waals surface area contributed by atoms with Crippen molar-refractivity contribution in [2.45, 2.75) is 12.4 Å². The van der Waals surface area contributed by atoms with E-state index in [9.17, 15) is 26.3 Å². The Morgan fingerprint density at radius 3 is 1.37 bits per heavy atom. The molecule has 0 amide bonds. The average molecular weight is 279 g/mol. The van der Waals surface area contributed by atoms with Crippen molar-refractivity contribution in [1.29, 1.82) is 10.5 Å². The minimum absolute atomic E-state index is 0.284. The molecule has 0 aliphatic rings. The van der Waals surface area contributed by atoms with E-state index in [0.717, 1.165) is 12.1 Å². The van der Waals surface area contributed by atoms with E-state index >= 15 is 0 Å². The third-order valence-electron chi connectivity index (χ3n) is 2.20. The molecule has 0 aliphatic carbocycles. The summed E-state index contributed by atoms with van der Waals surface area (Å²) in [6.45, 7) is 0. The lowest BCUT2D eigenvalue weighted by atomic mass is 9.96. The van der Waals surface area contributed by atoms with Gasteiger partial charge in [-0.05, 0) is 6.07 Å². The van der Waals surface area contributed by atoms with E-state index in [1.807, 2.05) is 0 Å². The van der Waals surface area contributed by atoms with Gasteiger partial charge in [0.05, 0.1) is 27.9 Å². The highest BCUT2D eigenvalue weighted by Gasteiger charge is 2.42. The van der Waals surface area contributed by atoms with Crippen molar-refractivity contribution in [2.75, 3.05) is 5.73 Å². The summed E-state index contributed by atoms with van der Waals surface area (Å²) in [5, 5.41) is 17.1. The molecule has 0 unspecified atom stereocenters. The summed E-state index contributed by atoms with van der Waals surface area (Å²) >= 11 is 0. The first-order valence-corrected chi connectivity index (χ1v) is 4.45. The predicted molar refractivity (Wildman–Crippen MR) is 50.3 cm³/mol. The molecule has 0 bridgehead atoms. The molecule has 100 valence electrons. The minimum atomic E-state index is -5.19. The van der Waals surface area contributed by atoms with E-state index in [0.29, 0.717) is 0 Å². The fraction of sp³-hybridized carbons (Fsp3) is 0.200. The topological polar surface area (TPSA) is 73.6 Å². The number of rotatable bonds is 0. The molecule has 0 radical (unpaired) electrons. The van der Waals surface area contributed by atoms with Crippen LogP contribution in [0.2, 0.25) is 0 Å². The van der Waals surface area contributed by atoms with E-state index in [4.69, 9.17) is 16.3 Å². The maximum atomic E-state index is 12.6. The quantitative estimate of drug-likeness (QED) is 0.586. The van der Waals surface area contributed by atoms with Gasteiger partial charge in [0.2, 0.25) is 0 Å². The van der Waals surface area contributed by atoms with Crippen LogP contribution in [-0.2, 0) is 12.4 Å². The first kappa shape index (κ1) is 14.6. The van der Waals surface area contributed by atoms with Gasteiger partial charge in [0, 0.05) is 0 Å². The van der Waals surface area contributed by atoms with E-state index in [-0.39, 0.29) is 6.07 Å². The van der Waals surface area contributed by atoms with Gasteiger partial charge in [-0.1, -0.05) is 0 Å². The van der Waals surface area contributed by atoms with Crippen LogP contribution < -0.4 is 5.73 Å². The van der Waals surface area contributed by atoms with Crippen molar-refractivity contribution in [2.24, 2.45) is 0 Å². The fourth-order valence-corrected chi connectivity index (χ4v) is 1.39. The number of nitrogen functional groups attached to an aromatic ring is 1. The second kappa shape index (κ2) is 4.35. The Balaban J connectivity index is 3.87. The summed E-state index contributed by atoms with van der Waals surface area (Å²) < 4.78 is 75.4. The van der Waals surface area contributed by atoms with Crippen LogP contribution in [0.4, 0.5) is 32.0 Å². The Morgan fingerprint density at radius 1 is 0.842 bits per heavy atom. The zero-order chi connectivity index (χ0) is 15.0. The Labute approximate surface area is 102 Å². The normalized spacial score (nSPS) is 11.8. The molecule has 0 saturated carbocycles. The lowest BCUT2D eigenvalue weighted by molar-refractivity contribution is -0.143. The molecular weight excluding hydrogens is 276 g/mol. The van der Waals surface area contributed by atoms with Crippen LogP contribution in [-0.4, -0.2) is 0 Å². The lowest BCUT2D eigenvalue weighted by Crippen LogP contribution is -2.17.